The highest BCUT2D eigenvalue weighted by molar-refractivity contribution is 8.93. The second-order valence-electron chi connectivity index (χ2n) is 4.62. The molecule has 0 saturated carbocycles. The van der Waals surface area contributed by atoms with E-state index in [1.807, 2.05) is 0 Å². The van der Waals surface area contributed by atoms with Crippen LogP contribution in [0.5, 0.6) is 0 Å². The Balaban J connectivity index is -0.000001000. The summed E-state index contributed by atoms with van der Waals surface area (Å²) < 4.78 is 16.5. The summed E-state index contributed by atoms with van der Waals surface area (Å²) in [5.41, 5.74) is 0. The Morgan fingerprint density at radius 1 is 1.04 bits per heavy atom. The van der Waals surface area contributed by atoms with Gasteiger partial charge in [-0.05, 0) is 37.8 Å². The fraction of sp³-hybridized carbons (Fsp3) is 0.533. The molecular formula is C15H24Br4O4. The van der Waals surface area contributed by atoms with Gasteiger partial charge in [0.1, 0.15) is 0 Å². The Kier molecular flexibility index (Phi) is 19.2. The normalized spacial score (nSPS) is 14.8. The van der Waals surface area contributed by atoms with Gasteiger partial charge in [-0.15, -0.1) is 67.9 Å². The number of carbonyl (C=O) groups is 1. The van der Waals surface area contributed by atoms with Crippen LogP contribution < -0.4 is 0 Å². The number of rotatable bonds is 7. The molecule has 0 atom stereocenters. The molecule has 4 nitrogen and oxygen atoms in total. The molecule has 0 aliphatic heterocycles. The van der Waals surface area contributed by atoms with Crippen LogP contribution in [0.2, 0.25) is 0 Å². The van der Waals surface area contributed by atoms with Gasteiger partial charge in [-0.3, -0.25) is 0 Å². The van der Waals surface area contributed by atoms with Crippen molar-refractivity contribution in [2.24, 2.45) is 0 Å². The van der Waals surface area contributed by atoms with Crippen molar-refractivity contribution in [2.75, 3.05) is 6.61 Å². The van der Waals surface area contributed by atoms with Crippen LogP contribution >= 0.6 is 67.9 Å². The van der Waals surface area contributed by atoms with Crippen LogP contribution in [-0.4, -0.2) is 18.9 Å². The number of allylic oxidation sites excluding steroid dienone is 4. The van der Waals surface area contributed by atoms with Crippen molar-refractivity contribution in [1.82, 2.24) is 0 Å². The minimum Gasteiger partial charge on any atom is -0.456 e. The van der Waals surface area contributed by atoms with Gasteiger partial charge in [0.25, 0.3) is 6.29 Å². The van der Waals surface area contributed by atoms with Gasteiger partial charge in [-0.2, -0.15) is 0 Å². The molecule has 23 heavy (non-hydrogen) atoms. The lowest BCUT2D eigenvalue weighted by atomic mass is 10.3. The first-order chi connectivity index (χ1) is 9.28. The van der Waals surface area contributed by atoms with Crippen LogP contribution in [0.4, 0.5) is 0 Å². The van der Waals surface area contributed by atoms with E-state index in [-0.39, 0.29) is 74.5 Å². The summed E-state index contributed by atoms with van der Waals surface area (Å²) in [5.74, 6) is 1.40. The van der Waals surface area contributed by atoms with Crippen molar-refractivity contribution < 1.29 is 19.0 Å². The van der Waals surface area contributed by atoms with Crippen LogP contribution in [0, 0.1) is 0 Å². The van der Waals surface area contributed by atoms with E-state index >= 15 is 0 Å². The van der Waals surface area contributed by atoms with Crippen LogP contribution in [0.15, 0.2) is 36.3 Å². The minimum atomic E-state index is -0.558. The lowest BCUT2D eigenvalue weighted by molar-refractivity contribution is -0.158. The first-order valence-electron chi connectivity index (χ1n) is 6.78. The molecule has 2 rings (SSSR count). The molecule has 2 aliphatic rings. The third-order valence-corrected chi connectivity index (χ3v) is 3.09. The third kappa shape index (κ3) is 10.6. The predicted molar refractivity (Wildman–Crippen MR) is 112 cm³/mol. The lowest BCUT2D eigenvalue weighted by Gasteiger charge is -2.21. The highest BCUT2D eigenvalue weighted by Crippen LogP contribution is 2.24. The Morgan fingerprint density at radius 2 is 1.52 bits per heavy atom. The molecule has 0 radical (unpaired) electrons. The first kappa shape index (κ1) is 28.0. The zero-order valence-electron chi connectivity index (χ0n) is 12.7. The minimum absolute atomic E-state index is 0. The van der Waals surface area contributed by atoms with Crippen molar-refractivity contribution in [3.05, 3.63) is 36.3 Å². The summed E-state index contributed by atoms with van der Waals surface area (Å²) in [7, 11) is 0. The monoisotopic (exact) mass is 584 g/mol. The summed E-state index contributed by atoms with van der Waals surface area (Å²) in [6.45, 7) is 3.45. The zero-order valence-corrected chi connectivity index (χ0v) is 19.6. The van der Waals surface area contributed by atoms with Crippen LogP contribution in [0.25, 0.3) is 0 Å². The maximum absolute atomic E-state index is 11.1. The molecule has 0 aromatic heterocycles. The van der Waals surface area contributed by atoms with E-state index in [1.54, 1.807) is 0 Å². The van der Waals surface area contributed by atoms with E-state index in [9.17, 15) is 4.79 Å². The van der Waals surface area contributed by atoms with Gasteiger partial charge < -0.3 is 14.2 Å². The second-order valence-corrected chi connectivity index (χ2v) is 4.62. The molecule has 0 aromatic rings. The van der Waals surface area contributed by atoms with E-state index in [4.69, 9.17) is 14.2 Å². The van der Waals surface area contributed by atoms with Gasteiger partial charge in [0, 0.05) is 18.9 Å². The van der Waals surface area contributed by atoms with Gasteiger partial charge in [0.15, 0.2) is 6.61 Å². The molecule has 0 spiro atoms. The lowest BCUT2D eigenvalue weighted by Crippen LogP contribution is -2.24. The van der Waals surface area contributed by atoms with Crippen LogP contribution in [0.3, 0.4) is 0 Å². The average molecular weight is 588 g/mol. The van der Waals surface area contributed by atoms with Gasteiger partial charge >= 0.3 is 5.97 Å². The second kappa shape index (κ2) is 15.7. The number of hydrogen-bond acceptors (Lipinski definition) is 4. The van der Waals surface area contributed by atoms with E-state index < -0.39 is 12.3 Å². The van der Waals surface area contributed by atoms with Crippen molar-refractivity contribution in [3.63, 3.8) is 0 Å². The highest BCUT2D eigenvalue weighted by Gasteiger charge is 2.19. The topological polar surface area (TPSA) is 44.8 Å². The third-order valence-electron chi connectivity index (χ3n) is 3.09. The summed E-state index contributed by atoms with van der Waals surface area (Å²) in [4.78, 5) is 11.1. The first-order valence-corrected chi connectivity index (χ1v) is 6.78. The van der Waals surface area contributed by atoms with Crippen molar-refractivity contribution in [1.29, 1.82) is 0 Å². The summed E-state index contributed by atoms with van der Waals surface area (Å²) in [6.07, 6.45) is 10.9. The van der Waals surface area contributed by atoms with Crippen LogP contribution in [-0.2, 0) is 19.0 Å². The molecule has 2 aliphatic carbocycles. The SMILES string of the molecule is Br.Br.Br.Br.C=CC(=O)OCC(OC1=CCCC1)OC1=CCCC1. The average Bonchev–Trinajstić information content (AvgIpc) is 3.08. The molecule has 0 aromatic carbocycles. The number of esters is 1. The maximum atomic E-state index is 11.1. The number of ether oxygens (including phenoxy) is 3. The summed E-state index contributed by atoms with van der Waals surface area (Å²) in [5, 5.41) is 0. The quantitative estimate of drug-likeness (QED) is 0.224. The van der Waals surface area contributed by atoms with E-state index in [2.05, 4.69) is 18.7 Å². The Labute approximate surface area is 179 Å². The molecule has 0 amide bonds. The number of halogens is 4. The molecule has 0 heterocycles. The largest absolute Gasteiger partial charge is 0.456 e. The van der Waals surface area contributed by atoms with Gasteiger partial charge in [0.2, 0.25) is 0 Å². The van der Waals surface area contributed by atoms with Gasteiger partial charge in [-0.1, -0.05) is 6.58 Å². The Hall–Kier alpha value is 0.210. The summed E-state index contributed by atoms with van der Waals surface area (Å²) in [6, 6.07) is 0. The molecule has 0 N–H and O–H groups in total. The molecule has 0 saturated heterocycles. The van der Waals surface area contributed by atoms with Crippen molar-refractivity contribution in [3.8, 4) is 0 Å². The Morgan fingerprint density at radius 3 is 1.87 bits per heavy atom. The molecule has 8 heteroatoms. The van der Waals surface area contributed by atoms with E-state index in [0.717, 1.165) is 56.1 Å². The standard InChI is InChI=1S/C15H20O4.4BrH/c1-2-14(16)17-11-15(18-12-7-3-4-8-12)19-13-9-5-6-10-13;;;;/h2,7,9,15H,1,3-6,8,10-11H2;4*1H. The van der Waals surface area contributed by atoms with Crippen molar-refractivity contribution >= 4 is 73.9 Å². The van der Waals surface area contributed by atoms with Crippen LogP contribution in [0.1, 0.15) is 38.5 Å². The van der Waals surface area contributed by atoms with Crippen molar-refractivity contribution in [2.45, 2.75) is 44.8 Å². The number of carbonyl (C=O) groups excluding carboxylic acids is 1. The molecular weight excluding hydrogens is 564 g/mol. The number of hydrogen-bond donors (Lipinski definition) is 0. The maximum Gasteiger partial charge on any atom is 0.330 e. The van der Waals surface area contributed by atoms with Gasteiger partial charge in [-0.25, -0.2) is 4.79 Å². The summed E-state index contributed by atoms with van der Waals surface area (Å²) >= 11 is 0. The molecule has 0 fully saturated rings. The highest BCUT2D eigenvalue weighted by atomic mass is 79.9. The fourth-order valence-corrected chi connectivity index (χ4v) is 2.14. The molecule has 0 unspecified atom stereocenters. The van der Waals surface area contributed by atoms with E-state index in [0.29, 0.717) is 0 Å². The van der Waals surface area contributed by atoms with E-state index in [1.165, 1.54) is 0 Å². The smallest absolute Gasteiger partial charge is 0.330 e. The van der Waals surface area contributed by atoms with Gasteiger partial charge in [0.05, 0.1) is 11.5 Å². The predicted octanol–water partition coefficient (Wildman–Crippen LogP) is 5.52. The Bertz CT molecular complexity index is 384. The zero-order chi connectivity index (χ0) is 13.5. The molecule has 136 valence electrons. The molecule has 0 bridgehead atoms. The fourth-order valence-electron chi connectivity index (χ4n) is 2.14.